The van der Waals surface area contributed by atoms with E-state index in [2.05, 4.69) is 12.2 Å². The van der Waals surface area contributed by atoms with Crippen LogP contribution >= 0.6 is 0 Å². The van der Waals surface area contributed by atoms with Crippen molar-refractivity contribution in [3.63, 3.8) is 0 Å². The molecule has 4 nitrogen and oxygen atoms in total. The lowest BCUT2D eigenvalue weighted by Crippen LogP contribution is -2.40. The quantitative estimate of drug-likeness (QED) is 0.933. The Bertz CT molecular complexity index is 590. The number of hydrogen-bond acceptors (Lipinski definition) is 2. The Morgan fingerprint density at radius 1 is 1.27 bits per heavy atom. The average molecular weight is 304 g/mol. The molecular weight excluding hydrogens is 283 g/mol. The number of halogens is 1. The maximum absolute atomic E-state index is 13.5. The van der Waals surface area contributed by atoms with Crippen LogP contribution in [0.25, 0.3) is 0 Å². The third kappa shape index (κ3) is 3.13. The van der Waals surface area contributed by atoms with Crippen LogP contribution in [-0.2, 0) is 9.59 Å². The normalized spacial score (nSPS) is 27.4. The lowest BCUT2D eigenvalue weighted by Gasteiger charge is -2.31. The number of benzene rings is 1. The van der Waals surface area contributed by atoms with Crippen LogP contribution in [0.5, 0.6) is 0 Å². The molecule has 0 bridgehead atoms. The zero-order valence-corrected chi connectivity index (χ0v) is 12.7. The van der Waals surface area contributed by atoms with Gasteiger partial charge in [-0.05, 0) is 37.3 Å². The van der Waals surface area contributed by atoms with Crippen LogP contribution in [0.15, 0.2) is 24.3 Å². The number of amides is 2. The van der Waals surface area contributed by atoms with Crippen molar-refractivity contribution >= 4 is 17.5 Å². The van der Waals surface area contributed by atoms with Crippen LogP contribution in [0.4, 0.5) is 10.1 Å². The van der Waals surface area contributed by atoms with Crippen molar-refractivity contribution in [3.8, 4) is 0 Å². The van der Waals surface area contributed by atoms with Gasteiger partial charge >= 0.3 is 0 Å². The zero-order chi connectivity index (χ0) is 15.7. The van der Waals surface area contributed by atoms with Crippen LogP contribution in [-0.4, -0.2) is 29.8 Å². The van der Waals surface area contributed by atoms with E-state index in [1.165, 1.54) is 12.1 Å². The predicted molar refractivity (Wildman–Crippen MR) is 81.6 cm³/mol. The van der Waals surface area contributed by atoms with Crippen molar-refractivity contribution in [3.05, 3.63) is 30.1 Å². The predicted octanol–water partition coefficient (Wildman–Crippen LogP) is 2.66. The Labute approximate surface area is 129 Å². The Balaban J connectivity index is 1.56. The first-order valence-corrected chi connectivity index (χ1v) is 7.90. The second-order valence-corrected chi connectivity index (χ2v) is 6.45. The van der Waals surface area contributed by atoms with Crippen LogP contribution in [0.2, 0.25) is 0 Å². The first kappa shape index (κ1) is 15.0. The summed E-state index contributed by atoms with van der Waals surface area (Å²) in [6.45, 7) is 3.73. The van der Waals surface area contributed by atoms with Gasteiger partial charge in [-0.3, -0.25) is 9.59 Å². The molecule has 0 radical (unpaired) electrons. The zero-order valence-electron chi connectivity index (χ0n) is 12.7. The minimum atomic E-state index is -0.454. The van der Waals surface area contributed by atoms with Gasteiger partial charge in [0, 0.05) is 13.1 Å². The largest absolute Gasteiger partial charge is 0.342 e. The number of anilines is 1. The highest BCUT2D eigenvalue weighted by Gasteiger charge is 2.49. The van der Waals surface area contributed by atoms with Crippen molar-refractivity contribution in [1.29, 1.82) is 0 Å². The first-order valence-electron chi connectivity index (χ1n) is 7.90. The second-order valence-electron chi connectivity index (χ2n) is 6.45. The fourth-order valence-corrected chi connectivity index (χ4v) is 3.17. The second kappa shape index (κ2) is 6.07. The number of rotatable bonds is 3. The van der Waals surface area contributed by atoms with Crippen LogP contribution in [0, 0.1) is 23.6 Å². The number of carbonyl (C=O) groups excluding carboxylic acids is 2. The number of para-hydroxylation sites is 1. The van der Waals surface area contributed by atoms with Gasteiger partial charge < -0.3 is 10.2 Å². The number of nitrogens with one attached hydrogen (secondary N) is 1. The third-order valence-electron chi connectivity index (χ3n) is 4.54. The van der Waals surface area contributed by atoms with Crippen molar-refractivity contribution in [1.82, 2.24) is 4.90 Å². The Kier molecular flexibility index (Phi) is 4.14. The van der Waals surface area contributed by atoms with E-state index in [9.17, 15) is 14.0 Å². The highest BCUT2D eigenvalue weighted by molar-refractivity contribution is 5.99. The molecular formula is C17H21FN2O2. The molecule has 1 saturated carbocycles. The summed E-state index contributed by atoms with van der Waals surface area (Å²) in [5, 5.41) is 2.58. The molecule has 1 N–H and O–H groups in total. The average Bonchev–Trinajstić information content (AvgIpc) is 3.29. The standard InChI is InChI=1S/C17H21FN2O2/c1-11-5-4-8-20(10-11)17(22)13-9-12(13)16(21)19-15-7-3-2-6-14(15)18/h2-3,6-7,11-13H,4-5,8-10H2,1H3,(H,19,21). The van der Waals surface area contributed by atoms with Crippen LogP contribution in [0.1, 0.15) is 26.2 Å². The number of nitrogens with zero attached hydrogens (tertiary/aromatic N) is 1. The van der Waals surface area contributed by atoms with Gasteiger partial charge in [0.15, 0.2) is 0 Å². The molecule has 0 aromatic heterocycles. The Morgan fingerprint density at radius 3 is 2.77 bits per heavy atom. The number of piperidine rings is 1. The molecule has 2 amide bonds. The van der Waals surface area contributed by atoms with Crippen LogP contribution < -0.4 is 5.32 Å². The number of carbonyl (C=O) groups is 2. The summed E-state index contributed by atoms with van der Waals surface area (Å²) in [5.41, 5.74) is 0.178. The molecule has 1 aliphatic heterocycles. The summed E-state index contributed by atoms with van der Waals surface area (Å²) < 4.78 is 13.5. The minimum absolute atomic E-state index is 0.0835. The lowest BCUT2D eigenvalue weighted by atomic mass is 10.00. The van der Waals surface area contributed by atoms with E-state index in [0.29, 0.717) is 12.3 Å². The topological polar surface area (TPSA) is 49.4 Å². The van der Waals surface area contributed by atoms with Crippen LogP contribution in [0.3, 0.4) is 0 Å². The van der Waals surface area contributed by atoms with E-state index in [4.69, 9.17) is 0 Å². The van der Waals surface area contributed by atoms with Gasteiger partial charge in [-0.2, -0.15) is 0 Å². The van der Waals surface area contributed by atoms with Gasteiger partial charge in [0.25, 0.3) is 0 Å². The monoisotopic (exact) mass is 304 g/mol. The molecule has 1 aromatic carbocycles. The first-order chi connectivity index (χ1) is 10.6. The fourth-order valence-electron chi connectivity index (χ4n) is 3.17. The molecule has 1 aliphatic carbocycles. The smallest absolute Gasteiger partial charge is 0.228 e. The molecule has 5 heteroatoms. The maximum Gasteiger partial charge on any atom is 0.228 e. The van der Waals surface area contributed by atoms with Gasteiger partial charge in [0.05, 0.1) is 17.5 Å². The van der Waals surface area contributed by atoms with E-state index in [1.807, 2.05) is 4.90 Å². The third-order valence-corrected chi connectivity index (χ3v) is 4.54. The molecule has 1 saturated heterocycles. The summed E-state index contributed by atoms with van der Waals surface area (Å²) in [6.07, 6.45) is 2.77. The fraction of sp³-hybridized carbons (Fsp3) is 0.529. The van der Waals surface area contributed by atoms with E-state index in [1.54, 1.807) is 12.1 Å². The highest BCUT2D eigenvalue weighted by Crippen LogP contribution is 2.41. The van der Waals surface area contributed by atoms with Crippen molar-refractivity contribution in [2.24, 2.45) is 17.8 Å². The van der Waals surface area contributed by atoms with Gasteiger partial charge in [-0.15, -0.1) is 0 Å². The summed E-state index contributed by atoms with van der Waals surface area (Å²) >= 11 is 0. The van der Waals surface area contributed by atoms with E-state index < -0.39 is 5.82 Å². The van der Waals surface area contributed by atoms with Crippen molar-refractivity contribution in [2.45, 2.75) is 26.2 Å². The van der Waals surface area contributed by atoms with Crippen molar-refractivity contribution in [2.75, 3.05) is 18.4 Å². The summed E-state index contributed by atoms with van der Waals surface area (Å²) in [6, 6.07) is 6.08. The summed E-state index contributed by atoms with van der Waals surface area (Å²) in [4.78, 5) is 26.4. The molecule has 1 aromatic rings. The van der Waals surface area contributed by atoms with Gasteiger partial charge in [0.2, 0.25) is 11.8 Å². The molecule has 22 heavy (non-hydrogen) atoms. The van der Waals surface area contributed by atoms with Crippen molar-refractivity contribution < 1.29 is 14.0 Å². The minimum Gasteiger partial charge on any atom is -0.342 e. The lowest BCUT2D eigenvalue weighted by molar-refractivity contribution is -0.135. The van der Waals surface area contributed by atoms with Gasteiger partial charge in [0.1, 0.15) is 5.82 Å². The Hall–Kier alpha value is -1.91. The summed E-state index contributed by atoms with van der Waals surface area (Å²) in [5.74, 6) is -0.637. The SMILES string of the molecule is CC1CCCN(C(=O)C2CC2C(=O)Nc2ccccc2F)C1. The van der Waals surface area contributed by atoms with E-state index >= 15 is 0 Å². The maximum atomic E-state index is 13.5. The molecule has 118 valence electrons. The molecule has 3 rings (SSSR count). The van der Waals surface area contributed by atoms with Gasteiger partial charge in [-0.25, -0.2) is 4.39 Å². The number of likely N-dealkylation sites (tertiary alicyclic amines) is 1. The van der Waals surface area contributed by atoms with E-state index in [-0.39, 0.29) is 29.3 Å². The summed E-state index contributed by atoms with van der Waals surface area (Å²) in [7, 11) is 0. The molecule has 2 fully saturated rings. The molecule has 2 aliphatic rings. The molecule has 0 spiro atoms. The highest BCUT2D eigenvalue weighted by atomic mass is 19.1. The van der Waals surface area contributed by atoms with E-state index in [0.717, 1.165) is 25.9 Å². The number of hydrogen-bond donors (Lipinski definition) is 1. The Morgan fingerprint density at radius 2 is 2.05 bits per heavy atom. The molecule has 3 atom stereocenters. The molecule has 3 unspecified atom stereocenters. The molecule has 1 heterocycles. The van der Waals surface area contributed by atoms with Gasteiger partial charge in [-0.1, -0.05) is 19.1 Å².